The van der Waals surface area contributed by atoms with E-state index in [-0.39, 0.29) is 16.9 Å². The first kappa shape index (κ1) is 21.9. The Morgan fingerprint density at radius 1 is 0.529 bits per heavy atom. The lowest BCUT2D eigenvalue weighted by Crippen LogP contribution is -2.30. The first-order chi connectivity index (χ1) is 16.6. The molecule has 1 aliphatic carbocycles. The summed E-state index contributed by atoms with van der Waals surface area (Å²) in [5.41, 5.74) is 1.92. The van der Waals surface area contributed by atoms with Crippen molar-refractivity contribution in [2.45, 2.75) is 37.5 Å². The molecule has 0 heterocycles. The molecule has 1 fully saturated rings. The molecule has 0 aromatic heterocycles. The minimum atomic E-state index is -0.261. The van der Waals surface area contributed by atoms with E-state index in [9.17, 15) is 10.2 Å². The minimum absolute atomic E-state index is 0.109. The maximum atomic E-state index is 10.5. The fraction of sp³-hybridized carbons (Fsp3) is 0.200. The van der Waals surface area contributed by atoms with E-state index in [2.05, 4.69) is 0 Å². The maximum absolute atomic E-state index is 10.5. The molecule has 34 heavy (non-hydrogen) atoms. The highest BCUT2D eigenvalue weighted by molar-refractivity contribution is 5.53. The summed E-state index contributed by atoms with van der Waals surface area (Å²) in [4.78, 5) is 0. The maximum Gasteiger partial charge on any atom is 0.169 e. The van der Waals surface area contributed by atoms with Crippen LogP contribution in [0.2, 0.25) is 0 Å². The zero-order valence-electron chi connectivity index (χ0n) is 19.0. The summed E-state index contributed by atoms with van der Waals surface area (Å²) in [6.07, 6.45) is 5.34. The van der Waals surface area contributed by atoms with Crippen LogP contribution >= 0.6 is 0 Å². The molecule has 5 rings (SSSR count). The molecule has 1 saturated carbocycles. The number of phenolic OH excluding ortho intramolecular Hbond substituents is 2. The number of para-hydroxylation sites is 2. The third-order valence-corrected chi connectivity index (χ3v) is 6.67. The van der Waals surface area contributed by atoms with Gasteiger partial charge in [-0.1, -0.05) is 67.8 Å². The second-order valence-electron chi connectivity index (χ2n) is 8.84. The summed E-state index contributed by atoms with van der Waals surface area (Å²) < 4.78 is 12.1. The van der Waals surface area contributed by atoms with Crippen LogP contribution in [0.15, 0.2) is 97.1 Å². The van der Waals surface area contributed by atoms with Gasteiger partial charge in [-0.2, -0.15) is 0 Å². The molecule has 0 aliphatic heterocycles. The first-order valence-electron chi connectivity index (χ1n) is 11.8. The second kappa shape index (κ2) is 9.52. The third-order valence-electron chi connectivity index (χ3n) is 6.67. The van der Waals surface area contributed by atoms with E-state index < -0.39 is 0 Å². The van der Waals surface area contributed by atoms with Crippen LogP contribution < -0.4 is 9.47 Å². The number of benzene rings is 4. The number of rotatable bonds is 6. The second-order valence-corrected chi connectivity index (χ2v) is 8.84. The molecule has 0 unspecified atom stereocenters. The smallest absolute Gasteiger partial charge is 0.169 e. The number of hydrogen-bond donors (Lipinski definition) is 2. The summed E-state index contributed by atoms with van der Waals surface area (Å²) in [5, 5.41) is 21.0. The molecule has 0 atom stereocenters. The number of phenols is 2. The Bertz CT molecular complexity index is 1150. The monoisotopic (exact) mass is 452 g/mol. The van der Waals surface area contributed by atoms with Crippen LogP contribution in [0.5, 0.6) is 34.5 Å². The lowest BCUT2D eigenvalue weighted by atomic mass is 9.65. The van der Waals surface area contributed by atoms with Crippen molar-refractivity contribution in [3.05, 3.63) is 108 Å². The Morgan fingerprint density at radius 2 is 0.971 bits per heavy atom. The van der Waals surface area contributed by atoms with Gasteiger partial charge in [-0.25, -0.2) is 0 Å². The van der Waals surface area contributed by atoms with Crippen molar-refractivity contribution in [1.29, 1.82) is 0 Å². The van der Waals surface area contributed by atoms with Gasteiger partial charge >= 0.3 is 0 Å². The molecule has 4 aromatic carbocycles. The van der Waals surface area contributed by atoms with Gasteiger partial charge in [-0.05, 0) is 72.5 Å². The normalized spacial score (nSPS) is 14.9. The standard InChI is InChI=1S/C30H28O4/c31-26-16-14-22(20-28(26)33-24-10-4-1-5-11-24)30(18-8-3-9-19-30)23-15-17-27(32)29(21-23)34-25-12-6-2-7-13-25/h1-2,4-7,10-17,20-21,31-32H,3,8-9,18-19H2. The molecule has 2 N–H and O–H groups in total. The van der Waals surface area contributed by atoms with Gasteiger partial charge in [0.05, 0.1) is 0 Å². The van der Waals surface area contributed by atoms with Crippen LogP contribution in [-0.4, -0.2) is 10.2 Å². The average molecular weight is 453 g/mol. The van der Waals surface area contributed by atoms with Gasteiger partial charge < -0.3 is 19.7 Å². The summed E-state index contributed by atoms with van der Waals surface area (Å²) in [7, 11) is 0. The Balaban J connectivity index is 1.55. The van der Waals surface area contributed by atoms with Crippen molar-refractivity contribution < 1.29 is 19.7 Å². The first-order valence-corrected chi connectivity index (χ1v) is 11.8. The number of ether oxygens (including phenoxy) is 2. The fourth-order valence-electron chi connectivity index (χ4n) is 4.92. The van der Waals surface area contributed by atoms with Gasteiger partial charge in [0.1, 0.15) is 11.5 Å². The fourth-order valence-corrected chi connectivity index (χ4v) is 4.92. The Labute approximate surface area is 200 Å². The largest absolute Gasteiger partial charge is 0.504 e. The average Bonchev–Trinajstić information content (AvgIpc) is 2.88. The van der Waals surface area contributed by atoms with Crippen molar-refractivity contribution in [1.82, 2.24) is 0 Å². The van der Waals surface area contributed by atoms with Crippen LogP contribution in [0, 0.1) is 0 Å². The summed E-state index contributed by atoms with van der Waals surface area (Å²) in [5.74, 6) is 2.45. The van der Waals surface area contributed by atoms with Gasteiger partial charge in [0, 0.05) is 5.41 Å². The molecular weight excluding hydrogens is 424 g/mol. The van der Waals surface area contributed by atoms with E-state index in [1.807, 2.05) is 84.9 Å². The number of hydrogen-bond acceptors (Lipinski definition) is 4. The van der Waals surface area contributed by atoms with E-state index in [0.717, 1.165) is 36.8 Å². The van der Waals surface area contributed by atoms with Gasteiger partial charge in [0.15, 0.2) is 23.0 Å². The SMILES string of the molecule is Oc1ccc(C2(c3ccc(O)c(Oc4ccccc4)c3)CCCCC2)cc1Oc1ccccc1. The van der Waals surface area contributed by atoms with Crippen molar-refractivity contribution in [3.8, 4) is 34.5 Å². The van der Waals surface area contributed by atoms with Crippen LogP contribution in [0.1, 0.15) is 43.2 Å². The summed E-state index contributed by atoms with van der Waals surface area (Å²) >= 11 is 0. The molecule has 4 nitrogen and oxygen atoms in total. The summed E-state index contributed by atoms with van der Waals surface area (Å²) in [6, 6.07) is 30.3. The van der Waals surface area contributed by atoms with Crippen molar-refractivity contribution in [2.24, 2.45) is 0 Å². The molecular formula is C30H28O4. The number of aromatic hydroxyl groups is 2. The van der Waals surface area contributed by atoms with Gasteiger partial charge in [0.2, 0.25) is 0 Å². The van der Waals surface area contributed by atoms with Crippen LogP contribution in [0.25, 0.3) is 0 Å². The summed E-state index contributed by atoms with van der Waals surface area (Å²) in [6.45, 7) is 0. The molecule has 0 amide bonds. The predicted molar refractivity (Wildman–Crippen MR) is 133 cm³/mol. The molecule has 4 aromatic rings. The quantitative estimate of drug-likeness (QED) is 0.312. The zero-order chi connectivity index (χ0) is 23.4. The topological polar surface area (TPSA) is 58.9 Å². The third kappa shape index (κ3) is 4.44. The van der Waals surface area contributed by atoms with Gasteiger partial charge in [0.25, 0.3) is 0 Å². The van der Waals surface area contributed by atoms with Crippen molar-refractivity contribution >= 4 is 0 Å². The lowest BCUT2D eigenvalue weighted by molar-refractivity contribution is 0.340. The van der Waals surface area contributed by atoms with Gasteiger partial charge in [-0.3, -0.25) is 0 Å². The van der Waals surface area contributed by atoms with Crippen molar-refractivity contribution in [2.75, 3.05) is 0 Å². The molecule has 0 saturated heterocycles. The van der Waals surface area contributed by atoms with Crippen LogP contribution in [0.4, 0.5) is 0 Å². The van der Waals surface area contributed by atoms with Crippen LogP contribution in [-0.2, 0) is 5.41 Å². The predicted octanol–water partition coefficient (Wildman–Crippen LogP) is 7.93. The van der Waals surface area contributed by atoms with E-state index in [4.69, 9.17) is 9.47 Å². The van der Waals surface area contributed by atoms with E-state index in [1.165, 1.54) is 6.42 Å². The molecule has 0 spiro atoms. The molecule has 0 bridgehead atoms. The molecule has 1 aliphatic rings. The highest BCUT2D eigenvalue weighted by Gasteiger charge is 2.37. The minimum Gasteiger partial charge on any atom is -0.504 e. The Hall–Kier alpha value is -3.92. The highest BCUT2D eigenvalue weighted by Crippen LogP contribution is 2.49. The van der Waals surface area contributed by atoms with E-state index in [0.29, 0.717) is 23.0 Å². The lowest BCUT2D eigenvalue weighted by Gasteiger charge is -2.39. The Morgan fingerprint density at radius 3 is 1.41 bits per heavy atom. The van der Waals surface area contributed by atoms with E-state index >= 15 is 0 Å². The van der Waals surface area contributed by atoms with Crippen LogP contribution in [0.3, 0.4) is 0 Å². The molecule has 172 valence electrons. The van der Waals surface area contributed by atoms with Gasteiger partial charge in [-0.15, -0.1) is 0 Å². The highest BCUT2D eigenvalue weighted by atomic mass is 16.5. The molecule has 4 heteroatoms. The zero-order valence-corrected chi connectivity index (χ0v) is 19.0. The Kier molecular flexibility index (Phi) is 6.13. The van der Waals surface area contributed by atoms with Crippen molar-refractivity contribution in [3.63, 3.8) is 0 Å². The molecule has 0 radical (unpaired) electrons. The van der Waals surface area contributed by atoms with E-state index in [1.54, 1.807) is 12.1 Å².